The van der Waals surface area contributed by atoms with Crippen molar-refractivity contribution in [3.8, 4) is 0 Å². The molecule has 0 spiro atoms. The summed E-state index contributed by atoms with van der Waals surface area (Å²) in [6.07, 6.45) is 26.9. The third kappa shape index (κ3) is 20.3. The molecule has 0 fully saturated rings. The van der Waals surface area contributed by atoms with Crippen LogP contribution in [0.25, 0.3) is 0 Å². The van der Waals surface area contributed by atoms with Crippen molar-refractivity contribution < 1.29 is 15.0 Å². The van der Waals surface area contributed by atoms with Crippen LogP contribution in [-0.2, 0) is 4.79 Å². The maximum atomic E-state index is 10.8. The first kappa shape index (κ1) is 33.2. The fourth-order valence-corrected chi connectivity index (χ4v) is 7.50. The van der Waals surface area contributed by atoms with Crippen LogP contribution in [0.1, 0.15) is 148 Å². The van der Waals surface area contributed by atoms with E-state index >= 15 is 0 Å². The molecular formula is C32H56O3Se. The van der Waals surface area contributed by atoms with Gasteiger partial charge in [0.1, 0.15) is 0 Å². The van der Waals surface area contributed by atoms with Crippen LogP contribution in [0.4, 0.5) is 0 Å². The molecule has 0 aliphatic carbocycles. The van der Waals surface area contributed by atoms with E-state index in [1.165, 1.54) is 120 Å². The molecule has 0 radical (unpaired) electrons. The zero-order valence-corrected chi connectivity index (χ0v) is 25.0. The van der Waals surface area contributed by atoms with Crippen molar-refractivity contribution in [3.05, 3.63) is 30.3 Å². The quantitative estimate of drug-likeness (QED) is 0.0868. The molecule has 4 heteroatoms. The molecule has 0 bridgehead atoms. The van der Waals surface area contributed by atoms with Crippen LogP contribution in [0.5, 0.6) is 0 Å². The minimum absolute atomic E-state index is 0.154. The minimum atomic E-state index is -0.768. The van der Waals surface area contributed by atoms with Gasteiger partial charge in [0.25, 0.3) is 0 Å². The van der Waals surface area contributed by atoms with Gasteiger partial charge in [0.05, 0.1) is 0 Å². The van der Waals surface area contributed by atoms with Gasteiger partial charge in [0.15, 0.2) is 0 Å². The molecule has 1 aromatic rings. The molecule has 0 amide bonds. The van der Waals surface area contributed by atoms with Crippen LogP contribution in [-0.4, -0.2) is 37.2 Å². The van der Waals surface area contributed by atoms with Gasteiger partial charge >= 0.3 is 172 Å². The van der Waals surface area contributed by atoms with Crippen molar-refractivity contribution in [2.75, 3.05) is 0 Å². The molecule has 1 rings (SSSR count). The van der Waals surface area contributed by atoms with E-state index in [0.717, 1.165) is 6.42 Å². The molecule has 2 unspecified atom stereocenters. The number of aliphatic hydroxyl groups is 1. The van der Waals surface area contributed by atoms with Crippen molar-refractivity contribution in [2.45, 2.75) is 159 Å². The Kier molecular flexibility index (Phi) is 22.6. The summed E-state index contributed by atoms with van der Waals surface area (Å²) in [7, 11) is 0. The van der Waals surface area contributed by atoms with Gasteiger partial charge < -0.3 is 0 Å². The van der Waals surface area contributed by atoms with Crippen molar-refractivity contribution in [1.29, 1.82) is 0 Å². The first-order valence-electron chi connectivity index (χ1n) is 15.2. The second kappa shape index (κ2) is 24.5. The predicted octanol–water partition coefficient (Wildman–Crippen LogP) is 8.85. The molecule has 0 saturated heterocycles. The Morgan fingerprint density at radius 2 is 1.11 bits per heavy atom. The molecule has 0 aliphatic rings. The van der Waals surface area contributed by atoms with E-state index in [-0.39, 0.29) is 32.3 Å². The summed E-state index contributed by atoms with van der Waals surface area (Å²) < 4.78 is 1.33. The molecule has 2 atom stereocenters. The topological polar surface area (TPSA) is 57.5 Å². The van der Waals surface area contributed by atoms with E-state index in [4.69, 9.17) is 5.11 Å². The van der Waals surface area contributed by atoms with E-state index in [1.54, 1.807) is 0 Å². The summed E-state index contributed by atoms with van der Waals surface area (Å²) in [6.45, 7) is 2.29. The van der Waals surface area contributed by atoms with Crippen LogP contribution in [0, 0.1) is 0 Å². The number of carboxylic acid groups (broad SMARTS) is 1. The van der Waals surface area contributed by atoms with E-state index in [0.29, 0.717) is 12.8 Å². The van der Waals surface area contributed by atoms with Crippen molar-refractivity contribution in [2.24, 2.45) is 0 Å². The summed E-state index contributed by atoms with van der Waals surface area (Å²) >= 11 is 0.235. The molecular weight excluding hydrogens is 511 g/mol. The Hall–Kier alpha value is -0.831. The number of aliphatic hydroxyl groups excluding tert-OH is 1. The van der Waals surface area contributed by atoms with Gasteiger partial charge in [-0.05, 0) is 0 Å². The summed E-state index contributed by atoms with van der Waals surface area (Å²) in [5.41, 5.74) is 0. The molecule has 0 aliphatic heterocycles. The van der Waals surface area contributed by atoms with Gasteiger partial charge in [-0.25, -0.2) is 0 Å². The molecule has 2 N–H and O–H groups in total. The SMILES string of the molecule is CCCCCCCCCCCCCCCCCCCCC([Se]c1ccccc1)C(O)CCCC(=O)O. The monoisotopic (exact) mass is 568 g/mol. The van der Waals surface area contributed by atoms with Crippen molar-refractivity contribution >= 4 is 25.4 Å². The zero-order valence-electron chi connectivity index (χ0n) is 23.3. The molecule has 3 nitrogen and oxygen atoms in total. The number of carbonyl (C=O) groups is 1. The number of benzene rings is 1. The van der Waals surface area contributed by atoms with Crippen LogP contribution in [0.15, 0.2) is 30.3 Å². The van der Waals surface area contributed by atoms with Gasteiger partial charge in [-0.2, -0.15) is 0 Å². The van der Waals surface area contributed by atoms with Crippen LogP contribution < -0.4 is 4.46 Å². The van der Waals surface area contributed by atoms with E-state index in [2.05, 4.69) is 31.2 Å². The Labute approximate surface area is 229 Å². The molecule has 1 aromatic carbocycles. The fourth-order valence-electron chi connectivity index (χ4n) is 4.90. The number of hydrogen-bond acceptors (Lipinski definition) is 2. The average molecular weight is 568 g/mol. The van der Waals surface area contributed by atoms with Crippen LogP contribution in [0.2, 0.25) is 4.82 Å². The van der Waals surface area contributed by atoms with E-state index < -0.39 is 5.97 Å². The second-order valence-electron chi connectivity index (χ2n) is 10.6. The van der Waals surface area contributed by atoms with Gasteiger partial charge in [-0.3, -0.25) is 0 Å². The van der Waals surface area contributed by atoms with Gasteiger partial charge in [-0.15, -0.1) is 0 Å². The summed E-state index contributed by atoms with van der Waals surface area (Å²) in [5, 5.41) is 19.6. The van der Waals surface area contributed by atoms with Crippen LogP contribution in [0.3, 0.4) is 0 Å². The van der Waals surface area contributed by atoms with Gasteiger partial charge in [0.2, 0.25) is 0 Å². The molecule has 0 aromatic heterocycles. The summed E-state index contributed by atoms with van der Waals surface area (Å²) in [6, 6.07) is 10.5. The van der Waals surface area contributed by atoms with Gasteiger partial charge in [0, 0.05) is 0 Å². The first-order chi connectivity index (χ1) is 17.6. The summed E-state index contributed by atoms with van der Waals surface area (Å²) in [5.74, 6) is -0.768. The Balaban J connectivity index is 2.02. The van der Waals surface area contributed by atoms with E-state index in [1.807, 2.05) is 6.07 Å². The Morgan fingerprint density at radius 1 is 0.667 bits per heavy atom. The maximum absolute atomic E-state index is 10.8. The molecule has 0 saturated carbocycles. The van der Waals surface area contributed by atoms with E-state index in [9.17, 15) is 9.90 Å². The predicted molar refractivity (Wildman–Crippen MR) is 156 cm³/mol. The number of hydrogen-bond donors (Lipinski definition) is 2. The molecule has 0 heterocycles. The van der Waals surface area contributed by atoms with Crippen molar-refractivity contribution in [1.82, 2.24) is 0 Å². The van der Waals surface area contributed by atoms with Crippen molar-refractivity contribution in [3.63, 3.8) is 0 Å². The zero-order chi connectivity index (χ0) is 26.1. The first-order valence-corrected chi connectivity index (χ1v) is 17.1. The second-order valence-corrected chi connectivity index (χ2v) is 13.4. The number of carboxylic acids is 1. The third-order valence-corrected chi connectivity index (χ3v) is 10.1. The van der Waals surface area contributed by atoms with Gasteiger partial charge in [-0.1, -0.05) is 58.3 Å². The normalized spacial score (nSPS) is 13.1. The Bertz CT molecular complexity index is 607. The number of aliphatic carboxylic acids is 1. The summed E-state index contributed by atoms with van der Waals surface area (Å²) in [4.78, 5) is 11.1. The standard InChI is InChI=1S/C32H56O3Se/c1-2-3-4-5-6-7-8-9-10-11-12-13-14-15-16-17-18-22-27-31(30(33)26-23-28-32(34)35)36-29-24-20-19-21-25-29/h19-21,24-25,30-31,33H,2-18,22-23,26-28H2,1H3,(H,34,35). The van der Waals surface area contributed by atoms with Crippen LogP contribution >= 0.6 is 0 Å². The Morgan fingerprint density at radius 3 is 1.56 bits per heavy atom. The number of rotatable bonds is 26. The average Bonchev–Trinajstić information content (AvgIpc) is 2.87. The molecule has 36 heavy (non-hydrogen) atoms. The fraction of sp³-hybridized carbons (Fsp3) is 0.781. The molecule has 208 valence electrons. The third-order valence-electron chi connectivity index (χ3n) is 7.19. The number of unbranched alkanes of at least 4 members (excludes halogenated alkanes) is 17.